The molecular formula is C12H14N4O3S. The maximum atomic E-state index is 11.7. The fourth-order valence-corrected chi connectivity index (χ4v) is 3.61. The molecule has 1 aromatic carbocycles. The minimum atomic E-state index is -0.456. The molecule has 2 N–H and O–H groups in total. The lowest BCUT2D eigenvalue weighted by atomic mass is 9.99. The minimum Gasteiger partial charge on any atom is -0.383 e. The van der Waals surface area contributed by atoms with E-state index in [0.717, 1.165) is 16.3 Å². The molecule has 0 saturated carbocycles. The molecule has 0 bridgehead atoms. The molecule has 7 nitrogen and oxygen atoms in total. The summed E-state index contributed by atoms with van der Waals surface area (Å²) in [7, 11) is 1.64. The molecular weight excluding hydrogens is 280 g/mol. The van der Waals surface area contributed by atoms with Gasteiger partial charge in [-0.2, -0.15) is 5.10 Å². The molecule has 2 heterocycles. The van der Waals surface area contributed by atoms with Crippen molar-refractivity contribution >= 4 is 22.7 Å². The van der Waals surface area contributed by atoms with Crippen LogP contribution in [0.3, 0.4) is 0 Å². The van der Waals surface area contributed by atoms with Crippen LogP contribution in [-0.2, 0) is 0 Å². The average molecular weight is 294 g/mol. The Morgan fingerprint density at radius 2 is 2.05 bits per heavy atom. The van der Waals surface area contributed by atoms with Crippen LogP contribution in [0, 0.1) is 5.92 Å². The summed E-state index contributed by atoms with van der Waals surface area (Å²) in [5, 5.41) is 9.99. The Balaban J connectivity index is 1.89. The Kier molecular flexibility index (Phi) is 2.97. The molecule has 1 aliphatic heterocycles. The first-order valence-electron chi connectivity index (χ1n) is 6.34. The quantitative estimate of drug-likeness (QED) is 0.755. The second-order valence-corrected chi connectivity index (χ2v) is 6.07. The number of nitrogens with one attached hydrogen (secondary N) is 2. The first-order chi connectivity index (χ1) is 9.52. The number of hydrogen-bond donors (Lipinski definition) is 2. The van der Waals surface area contributed by atoms with E-state index in [4.69, 9.17) is 0 Å². The third-order valence-electron chi connectivity index (χ3n) is 3.84. The summed E-state index contributed by atoms with van der Waals surface area (Å²) in [6.07, 6.45) is 0. The van der Waals surface area contributed by atoms with Gasteiger partial charge in [-0.15, -0.1) is 0 Å². The Morgan fingerprint density at radius 1 is 1.30 bits per heavy atom. The SMILES string of the molecule is CNc1c(N2C[C@@H](C)[C@@H](c3n[nH]c(=O)s3)C2)c(=O)c1=O. The summed E-state index contributed by atoms with van der Waals surface area (Å²) in [5.74, 6) is 0.371. The van der Waals surface area contributed by atoms with Gasteiger partial charge >= 0.3 is 4.87 Å². The van der Waals surface area contributed by atoms with Crippen LogP contribution in [0.1, 0.15) is 17.8 Å². The van der Waals surface area contributed by atoms with Crippen LogP contribution in [-0.4, -0.2) is 30.3 Å². The van der Waals surface area contributed by atoms with Crippen LogP contribution in [0.25, 0.3) is 0 Å². The number of aromatic nitrogens is 2. The van der Waals surface area contributed by atoms with Gasteiger partial charge in [0, 0.05) is 26.1 Å². The number of H-pyrrole nitrogens is 1. The average Bonchev–Trinajstić information content (AvgIpc) is 3.00. The summed E-state index contributed by atoms with van der Waals surface area (Å²) < 4.78 is 0. The third kappa shape index (κ3) is 1.79. The zero-order chi connectivity index (χ0) is 14.4. The van der Waals surface area contributed by atoms with Gasteiger partial charge in [0.05, 0.1) is 0 Å². The molecule has 0 radical (unpaired) electrons. The largest absolute Gasteiger partial charge is 0.383 e. The standard InChI is InChI=1S/C12H14N4O3S/c1-5-3-16(8-7(13-2)9(17)10(8)18)4-6(5)11-14-15-12(19)20-11/h5-6,13H,3-4H2,1-2H3,(H,15,19)/t5-,6+/m1/s1. The molecule has 3 rings (SSSR count). The van der Waals surface area contributed by atoms with E-state index in [1.54, 1.807) is 7.05 Å². The number of hydrogen-bond acceptors (Lipinski definition) is 7. The third-order valence-corrected chi connectivity index (χ3v) is 4.72. The smallest absolute Gasteiger partial charge is 0.322 e. The lowest BCUT2D eigenvalue weighted by molar-refractivity contribution is 0.566. The van der Waals surface area contributed by atoms with Crippen molar-refractivity contribution in [2.75, 3.05) is 30.4 Å². The van der Waals surface area contributed by atoms with Crippen molar-refractivity contribution in [1.82, 2.24) is 10.2 Å². The second-order valence-electron chi connectivity index (χ2n) is 5.07. The highest BCUT2D eigenvalue weighted by atomic mass is 32.1. The van der Waals surface area contributed by atoms with Gasteiger partial charge in [0.2, 0.25) is 0 Å². The van der Waals surface area contributed by atoms with Crippen LogP contribution >= 0.6 is 11.3 Å². The van der Waals surface area contributed by atoms with E-state index in [-0.39, 0.29) is 16.7 Å². The zero-order valence-corrected chi connectivity index (χ0v) is 11.9. The van der Waals surface area contributed by atoms with Crippen LogP contribution in [0.4, 0.5) is 11.4 Å². The van der Waals surface area contributed by atoms with Crippen molar-refractivity contribution in [1.29, 1.82) is 0 Å². The van der Waals surface area contributed by atoms with E-state index in [9.17, 15) is 14.4 Å². The van der Waals surface area contributed by atoms with E-state index in [1.807, 2.05) is 4.90 Å². The molecule has 1 saturated heterocycles. The topological polar surface area (TPSA) is 95.2 Å². The van der Waals surface area contributed by atoms with Crippen molar-refractivity contribution in [2.45, 2.75) is 12.8 Å². The van der Waals surface area contributed by atoms with Crippen molar-refractivity contribution in [3.8, 4) is 0 Å². The van der Waals surface area contributed by atoms with E-state index >= 15 is 0 Å². The van der Waals surface area contributed by atoms with Crippen LogP contribution in [0.15, 0.2) is 14.4 Å². The fraction of sp³-hybridized carbons (Fsp3) is 0.500. The Labute approximate surface area is 117 Å². The molecule has 2 aromatic rings. The Morgan fingerprint density at radius 3 is 2.65 bits per heavy atom. The summed E-state index contributed by atoms with van der Waals surface area (Å²) in [4.78, 5) is 36.1. The maximum Gasteiger partial charge on any atom is 0.322 e. The molecule has 0 aliphatic carbocycles. The highest BCUT2D eigenvalue weighted by Gasteiger charge is 2.37. The fourth-order valence-electron chi connectivity index (χ4n) is 2.78. The number of nitrogens with zero attached hydrogens (tertiary/aromatic N) is 2. The lowest BCUT2D eigenvalue weighted by Gasteiger charge is -2.22. The van der Waals surface area contributed by atoms with Crippen molar-refractivity contribution in [3.63, 3.8) is 0 Å². The van der Waals surface area contributed by atoms with Gasteiger partial charge < -0.3 is 10.2 Å². The van der Waals surface area contributed by atoms with Gasteiger partial charge in [-0.25, -0.2) is 5.10 Å². The number of anilines is 2. The van der Waals surface area contributed by atoms with Crippen molar-refractivity contribution in [2.24, 2.45) is 5.92 Å². The number of aromatic amines is 1. The van der Waals surface area contributed by atoms with Crippen LogP contribution < -0.4 is 25.9 Å². The Hall–Kier alpha value is -1.96. The van der Waals surface area contributed by atoms with Gasteiger partial charge in [0.25, 0.3) is 10.9 Å². The molecule has 0 unspecified atom stereocenters. The van der Waals surface area contributed by atoms with E-state index in [0.29, 0.717) is 24.5 Å². The van der Waals surface area contributed by atoms with Gasteiger partial charge in [-0.3, -0.25) is 14.4 Å². The molecule has 0 amide bonds. The van der Waals surface area contributed by atoms with Gasteiger partial charge in [0.15, 0.2) is 0 Å². The molecule has 1 aliphatic rings. The predicted octanol–water partition coefficient (Wildman–Crippen LogP) is -0.291. The first-order valence-corrected chi connectivity index (χ1v) is 7.16. The Bertz CT molecular complexity index is 770. The first kappa shape index (κ1) is 13.0. The van der Waals surface area contributed by atoms with Crippen molar-refractivity contribution < 1.29 is 0 Å². The monoisotopic (exact) mass is 294 g/mol. The van der Waals surface area contributed by atoms with Gasteiger partial charge in [0.1, 0.15) is 16.4 Å². The van der Waals surface area contributed by atoms with E-state index in [2.05, 4.69) is 22.4 Å². The van der Waals surface area contributed by atoms with Gasteiger partial charge in [-0.1, -0.05) is 18.3 Å². The molecule has 8 heteroatoms. The minimum absolute atomic E-state index is 0.105. The summed E-state index contributed by atoms with van der Waals surface area (Å²) in [5.41, 5.74) is -0.0340. The zero-order valence-electron chi connectivity index (χ0n) is 11.1. The summed E-state index contributed by atoms with van der Waals surface area (Å²) in [6, 6.07) is 0. The second kappa shape index (κ2) is 4.55. The molecule has 20 heavy (non-hydrogen) atoms. The highest BCUT2D eigenvalue weighted by molar-refractivity contribution is 7.08. The van der Waals surface area contributed by atoms with Crippen LogP contribution in [0.5, 0.6) is 0 Å². The predicted molar refractivity (Wildman–Crippen MR) is 77.8 cm³/mol. The summed E-state index contributed by atoms with van der Waals surface area (Å²) >= 11 is 1.10. The molecule has 0 spiro atoms. The molecule has 1 aromatic heterocycles. The highest BCUT2D eigenvalue weighted by Crippen LogP contribution is 2.35. The van der Waals surface area contributed by atoms with E-state index in [1.165, 1.54) is 0 Å². The van der Waals surface area contributed by atoms with Crippen LogP contribution in [0.2, 0.25) is 0 Å². The summed E-state index contributed by atoms with van der Waals surface area (Å²) in [6.45, 7) is 3.33. The molecule has 1 fully saturated rings. The molecule has 106 valence electrons. The van der Waals surface area contributed by atoms with Gasteiger partial charge in [-0.05, 0) is 5.92 Å². The maximum absolute atomic E-state index is 11.7. The number of rotatable bonds is 3. The van der Waals surface area contributed by atoms with Crippen molar-refractivity contribution in [3.05, 3.63) is 35.1 Å². The molecule has 2 atom stereocenters. The lowest BCUT2D eigenvalue weighted by Crippen LogP contribution is -2.41. The normalized spacial score (nSPS) is 22.6. The van der Waals surface area contributed by atoms with E-state index < -0.39 is 10.9 Å².